The minimum Gasteiger partial charge on any atom is -0.822 e. The smallest absolute Gasteiger partial charge is 0.822 e. The molecule has 0 aliphatic rings. The van der Waals surface area contributed by atoms with E-state index in [0.29, 0.717) is 0 Å². The molecule has 1 atom stereocenters. The minimum absolute atomic E-state index is 0. The van der Waals surface area contributed by atoms with Gasteiger partial charge in [0.05, 0.1) is 12.1 Å². The first kappa shape index (κ1) is 24.3. The van der Waals surface area contributed by atoms with Gasteiger partial charge in [0.15, 0.2) is 0 Å². The average Bonchev–Trinajstić information content (AvgIpc) is 1.59. The van der Waals surface area contributed by atoms with Crippen molar-refractivity contribution in [1.29, 1.82) is 0 Å². The van der Waals surface area contributed by atoms with Crippen molar-refractivity contribution in [1.82, 2.24) is 0 Å². The van der Waals surface area contributed by atoms with Gasteiger partial charge in [0.25, 0.3) is 0 Å². The van der Waals surface area contributed by atoms with Crippen LogP contribution >= 0.6 is 7.82 Å². The molecule has 1 N–H and O–H groups in total. The third-order valence-corrected chi connectivity index (χ3v) is 0.341. The SMILES string of the molecule is CC(O)C(=O)[O-].O=P([O-])([O-])[O-].[Ca+2].[Ca+2]. The fourth-order valence-corrected chi connectivity index (χ4v) is 0. The molecule has 7 nitrogen and oxygen atoms in total. The van der Waals surface area contributed by atoms with Crippen molar-refractivity contribution < 1.29 is 34.3 Å². The van der Waals surface area contributed by atoms with E-state index in [1.54, 1.807) is 0 Å². The van der Waals surface area contributed by atoms with Crippen LogP contribution in [0.4, 0.5) is 0 Å². The van der Waals surface area contributed by atoms with Gasteiger partial charge in [-0.1, -0.05) is 0 Å². The molecule has 0 rings (SSSR count). The van der Waals surface area contributed by atoms with E-state index in [2.05, 4.69) is 0 Å². The van der Waals surface area contributed by atoms with Crippen molar-refractivity contribution in [2.75, 3.05) is 0 Å². The zero-order valence-corrected chi connectivity index (χ0v) is 12.1. The summed E-state index contributed by atoms with van der Waals surface area (Å²) in [5.74, 6) is -1.44. The molecule has 0 aromatic carbocycles. The quantitative estimate of drug-likeness (QED) is 0.367. The summed E-state index contributed by atoms with van der Waals surface area (Å²) in [6, 6.07) is 0. The van der Waals surface area contributed by atoms with Crippen molar-refractivity contribution in [2.24, 2.45) is 0 Å². The second kappa shape index (κ2) is 12.1. The average molecular weight is 264 g/mol. The molecular formula is C3H5Ca2O7P. The van der Waals surface area contributed by atoms with Gasteiger partial charge in [-0.25, -0.2) is 0 Å². The largest absolute Gasteiger partial charge is 2.00 e. The van der Waals surface area contributed by atoms with Gasteiger partial charge in [-0.2, -0.15) is 7.82 Å². The summed E-state index contributed by atoms with van der Waals surface area (Å²) in [6.45, 7) is 1.13. The maximum atomic E-state index is 9.34. The van der Waals surface area contributed by atoms with E-state index in [1.165, 1.54) is 0 Å². The number of carbonyl (C=O) groups is 1. The van der Waals surface area contributed by atoms with Gasteiger partial charge in [-0.05, 0) is 6.92 Å². The zero-order chi connectivity index (χ0) is 9.65. The molecule has 0 radical (unpaired) electrons. The first-order valence-electron chi connectivity index (χ1n) is 2.26. The molecule has 0 saturated carbocycles. The van der Waals surface area contributed by atoms with E-state index in [1.807, 2.05) is 0 Å². The van der Waals surface area contributed by atoms with Crippen LogP contribution in [-0.4, -0.2) is 92.7 Å². The summed E-state index contributed by atoms with van der Waals surface area (Å²) >= 11 is 0. The molecule has 0 aliphatic heterocycles. The number of carboxylic acid groups (broad SMARTS) is 1. The molecule has 0 aromatic rings. The maximum absolute atomic E-state index is 9.34. The minimum atomic E-state index is -5.39. The van der Waals surface area contributed by atoms with Crippen LogP contribution in [0, 0.1) is 0 Å². The van der Waals surface area contributed by atoms with Gasteiger partial charge >= 0.3 is 75.5 Å². The van der Waals surface area contributed by atoms with Crippen molar-refractivity contribution >= 4 is 89.3 Å². The Bertz CT molecular complexity index is 157. The fraction of sp³-hybridized carbons (Fsp3) is 0.667. The first-order valence-corrected chi connectivity index (χ1v) is 3.72. The molecule has 0 spiro atoms. The summed E-state index contributed by atoms with van der Waals surface area (Å²) in [7, 11) is -5.39. The molecule has 0 amide bonds. The molecule has 0 bridgehead atoms. The standard InChI is InChI=1S/C3H6O3.2Ca.H3O4P/c1-2(4)3(5)6;;;1-5(2,3)4/h2,4H,1H3,(H,5,6);;;(H3,1,2,3,4)/q;2*+2;/p-4. The number of aliphatic hydroxyl groups is 1. The number of rotatable bonds is 1. The zero-order valence-electron chi connectivity index (χ0n) is 6.84. The van der Waals surface area contributed by atoms with Crippen LogP contribution in [0.5, 0.6) is 0 Å². The van der Waals surface area contributed by atoms with E-state index < -0.39 is 19.9 Å². The number of hydrogen-bond acceptors (Lipinski definition) is 7. The van der Waals surface area contributed by atoms with Crippen molar-refractivity contribution in [3.05, 3.63) is 0 Å². The number of hydrogen-bond donors (Lipinski definition) is 1. The Balaban J connectivity index is -0.0000000546. The number of carbonyl (C=O) groups excluding carboxylic acids is 1. The van der Waals surface area contributed by atoms with Gasteiger partial charge < -0.3 is 34.3 Å². The second-order valence-electron chi connectivity index (χ2n) is 1.44. The fourth-order valence-electron chi connectivity index (χ4n) is 0. The Morgan fingerprint density at radius 3 is 1.38 bits per heavy atom. The van der Waals surface area contributed by atoms with Gasteiger partial charge in [0.2, 0.25) is 0 Å². The van der Waals surface area contributed by atoms with Crippen molar-refractivity contribution in [3.63, 3.8) is 0 Å². The van der Waals surface area contributed by atoms with Gasteiger partial charge in [0, 0.05) is 0 Å². The van der Waals surface area contributed by atoms with Crippen LogP contribution in [0.15, 0.2) is 0 Å². The monoisotopic (exact) mass is 264 g/mol. The van der Waals surface area contributed by atoms with E-state index in [-0.39, 0.29) is 75.5 Å². The summed E-state index contributed by atoms with van der Waals surface area (Å²) in [6.07, 6.45) is -1.34. The van der Waals surface area contributed by atoms with E-state index in [9.17, 15) is 9.90 Å². The Morgan fingerprint density at radius 2 is 1.38 bits per heavy atom. The Labute approximate surface area is 134 Å². The first-order chi connectivity index (χ1) is 4.64. The van der Waals surface area contributed by atoms with Gasteiger partial charge in [0.1, 0.15) is 0 Å². The molecule has 68 valence electrons. The Hall–Kier alpha value is 2.06. The van der Waals surface area contributed by atoms with Gasteiger partial charge in [-0.3, -0.25) is 0 Å². The van der Waals surface area contributed by atoms with Crippen molar-refractivity contribution in [3.8, 4) is 0 Å². The molecule has 0 aliphatic carbocycles. The van der Waals surface area contributed by atoms with E-state index >= 15 is 0 Å². The van der Waals surface area contributed by atoms with Crippen LogP contribution in [0.1, 0.15) is 6.92 Å². The van der Waals surface area contributed by atoms with Crippen molar-refractivity contribution in [2.45, 2.75) is 13.0 Å². The molecule has 0 saturated heterocycles. The molecule has 13 heavy (non-hydrogen) atoms. The van der Waals surface area contributed by atoms with Crippen LogP contribution in [0.25, 0.3) is 0 Å². The third-order valence-electron chi connectivity index (χ3n) is 0.341. The predicted octanol–water partition coefficient (Wildman–Crippen LogP) is -5.47. The molecule has 0 heterocycles. The summed E-state index contributed by atoms with van der Waals surface area (Å²) in [5.41, 5.74) is 0. The van der Waals surface area contributed by atoms with Crippen LogP contribution in [0.2, 0.25) is 0 Å². The Morgan fingerprint density at radius 1 is 1.31 bits per heavy atom. The van der Waals surface area contributed by atoms with Crippen LogP contribution in [-0.2, 0) is 9.36 Å². The molecule has 10 heteroatoms. The third kappa shape index (κ3) is 55.7. The predicted molar refractivity (Wildman–Crippen MR) is 35.8 cm³/mol. The maximum Gasteiger partial charge on any atom is 2.00 e. The second-order valence-corrected chi connectivity index (χ2v) is 2.34. The molecule has 0 fully saturated rings. The van der Waals surface area contributed by atoms with E-state index in [0.717, 1.165) is 6.92 Å². The topological polar surface area (TPSA) is 147 Å². The molecular weight excluding hydrogens is 259 g/mol. The Kier molecular flexibility index (Phi) is 22.7. The summed E-state index contributed by atoms with van der Waals surface area (Å²) < 4.78 is 8.55. The molecule has 0 aromatic heterocycles. The molecule has 1 unspecified atom stereocenters. The van der Waals surface area contributed by atoms with E-state index in [4.69, 9.17) is 24.4 Å². The number of aliphatic carboxylic acids is 1. The number of phosphoric acid groups is 1. The summed E-state index contributed by atoms with van der Waals surface area (Å²) in [5, 5.41) is 17.3. The van der Waals surface area contributed by atoms with Crippen LogP contribution in [0.3, 0.4) is 0 Å². The summed E-state index contributed by atoms with van der Waals surface area (Å²) in [4.78, 5) is 35.0. The normalized spacial score (nSPS) is 10.8. The number of carboxylic acids is 1. The van der Waals surface area contributed by atoms with Gasteiger partial charge in [-0.15, -0.1) is 0 Å². The number of aliphatic hydroxyl groups excluding tert-OH is 1. The van der Waals surface area contributed by atoms with Crippen LogP contribution < -0.4 is 19.8 Å².